The van der Waals surface area contributed by atoms with Gasteiger partial charge < -0.3 is 20.3 Å². The van der Waals surface area contributed by atoms with Gasteiger partial charge in [-0.1, -0.05) is 50.2 Å². The quantitative estimate of drug-likeness (QED) is 0.346. The Bertz CT molecular complexity index is 1310. The monoisotopic (exact) mass is 610 g/mol. The van der Waals surface area contributed by atoms with Gasteiger partial charge in [-0.15, -0.1) is 0 Å². The molecule has 11 heteroatoms. The molecule has 2 aromatic rings. The van der Waals surface area contributed by atoms with Crippen molar-refractivity contribution in [2.75, 3.05) is 19.7 Å². The van der Waals surface area contributed by atoms with Crippen molar-refractivity contribution in [1.82, 2.24) is 20.2 Å². The molecule has 2 atom stereocenters. The summed E-state index contributed by atoms with van der Waals surface area (Å²) in [5, 5.41) is 25.5. The van der Waals surface area contributed by atoms with E-state index in [0.29, 0.717) is 24.9 Å². The van der Waals surface area contributed by atoms with E-state index in [9.17, 15) is 29.4 Å². The predicted molar refractivity (Wildman–Crippen MR) is 165 cm³/mol. The molecule has 240 valence electrons. The van der Waals surface area contributed by atoms with Crippen LogP contribution >= 0.6 is 0 Å². The van der Waals surface area contributed by atoms with E-state index in [1.165, 1.54) is 21.0 Å². The summed E-state index contributed by atoms with van der Waals surface area (Å²) in [5.74, 6) is -1.65. The highest BCUT2D eigenvalue weighted by Gasteiger charge is 2.42. The fourth-order valence-corrected chi connectivity index (χ4v) is 5.20. The van der Waals surface area contributed by atoms with Crippen LogP contribution in [0.1, 0.15) is 75.4 Å². The van der Waals surface area contributed by atoms with Gasteiger partial charge in [0.25, 0.3) is 17.7 Å². The molecule has 0 aromatic heterocycles. The van der Waals surface area contributed by atoms with Gasteiger partial charge in [-0.05, 0) is 70.6 Å². The first kappa shape index (κ1) is 34.4. The second kappa shape index (κ2) is 15.1. The largest absolute Gasteiger partial charge is 0.508 e. The lowest BCUT2D eigenvalue weighted by Gasteiger charge is -2.39. The third kappa shape index (κ3) is 8.95. The van der Waals surface area contributed by atoms with Gasteiger partial charge in [0.05, 0.1) is 19.7 Å². The highest BCUT2D eigenvalue weighted by Crippen LogP contribution is 2.25. The summed E-state index contributed by atoms with van der Waals surface area (Å²) < 4.78 is 5.55. The first-order valence-electron chi connectivity index (χ1n) is 15.1. The number of nitrogens with one attached hydrogen (secondary N) is 1. The summed E-state index contributed by atoms with van der Waals surface area (Å²) in [6, 6.07) is 11.8. The van der Waals surface area contributed by atoms with E-state index in [2.05, 4.69) is 5.32 Å². The molecule has 0 spiro atoms. The second-order valence-corrected chi connectivity index (χ2v) is 12.5. The van der Waals surface area contributed by atoms with Crippen LogP contribution in [-0.4, -0.2) is 86.3 Å². The van der Waals surface area contributed by atoms with Crippen molar-refractivity contribution in [2.24, 2.45) is 5.92 Å². The number of aliphatic hydroxyl groups excluding tert-OH is 1. The summed E-state index contributed by atoms with van der Waals surface area (Å²) in [6.45, 7) is 10.4. The van der Waals surface area contributed by atoms with E-state index >= 15 is 0 Å². The van der Waals surface area contributed by atoms with Crippen LogP contribution in [0.5, 0.6) is 5.75 Å². The third-order valence-electron chi connectivity index (χ3n) is 7.31. The van der Waals surface area contributed by atoms with Crippen LogP contribution < -0.4 is 5.32 Å². The van der Waals surface area contributed by atoms with E-state index in [-0.39, 0.29) is 36.7 Å². The normalized spacial score (nSPS) is 15.5. The van der Waals surface area contributed by atoms with Gasteiger partial charge >= 0.3 is 6.09 Å². The maximum absolute atomic E-state index is 14.4. The number of carbonyl (C=O) groups is 4. The SMILES string of the molecule is Cc1c(O)cccc1C(=O)N[C@@H](CC(C)C)C(=O)N(Cc1ccccc1)N(CCO)C(=O)[C@@H]1CCCN1C(=O)OC(C)(C)C. The molecule has 0 saturated carbocycles. The molecule has 0 unspecified atom stereocenters. The number of ether oxygens (including phenoxy) is 1. The minimum atomic E-state index is -1.03. The average Bonchev–Trinajstić information content (AvgIpc) is 3.45. The molecule has 11 nitrogen and oxygen atoms in total. The molecule has 44 heavy (non-hydrogen) atoms. The lowest BCUT2D eigenvalue weighted by Crippen LogP contribution is -2.60. The lowest BCUT2D eigenvalue weighted by atomic mass is 10.0. The first-order valence-corrected chi connectivity index (χ1v) is 15.1. The van der Waals surface area contributed by atoms with Crippen LogP contribution in [0.4, 0.5) is 4.79 Å². The molecule has 1 aliphatic rings. The molecule has 1 heterocycles. The van der Waals surface area contributed by atoms with Crippen LogP contribution in [-0.2, 0) is 20.9 Å². The summed E-state index contributed by atoms with van der Waals surface area (Å²) in [5.41, 5.74) is 0.570. The molecule has 0 bridgehead atoms. The molecular weight excluding hydrogens is 564 g/mol. The number of amides is 4. The fraction of sp³-hybridized carbons (Fsp3) is 0.515. The number of aromatic hydroxyl groups is 1. The number of benzene rings is 2. The molecular formula is C33H46N4O7. The predicted octanol–water partition coefficient (Wildman–Crippen LogP) is 4.01. The number of aliphatic hydroxyl groups is 1. The Morgan fingerprint density at radius 3 is 2.34 bits per heavy atom. The summed E-state index contributed by atoms with van der Waals surface area (Å²) in [7, 11) is 0. The highest BCUT2D eigenvalue weighted by molar-refractivity contribution is 5.99. The first-order chi connectivity index (χ1) is 20.7. The molecule has 3 rings (SSSR count). The average molecular weight is 611 g/mol. The Kier molecular flexibility index (Phi) is 11.8. The van der Waals surface area contributed by atoms with E-state index < -0.39 is 48.1 Å². The zero-order valence-electron chi connectivity index (χ0n) is 26.6. The van der Waals surface area contributed by atoms with Crippen molar-refractivity contribution in [3.05, 3.63) is 65.2 Å². The number of hydrazine groups is 1. The maximum Gasteiger partial charge on any atom is 0.410 e. The van der Waals surface area contributed by atoms with Crippen LogP contribution in [0, 0.1) is 12.8 Å². The van der Waals surface area contributed by atoms with Gasteiger partial charge in [-0.25, -0.2) is 14.8 Å². The third-order valence-corrected chi connectivity index (χ3v) is 7.31. The number of hydrogen-bond acceptors (Lipinski definition) is 7. The minimum Gasteiger partial charge on any atom is -0.508 e. The van der Waals surface area contributed by atoms with Gasteiger partial charge in [0.15, 0.2) is 0 Å². The molecule has 0 aliphatic carbocycles. The van der Waals surface area contributed by atoms with Crippen LogP contribution in [0.15, 0.2) is 48.5 Å². The van der Waals surface area contributed by atoms with Gasteiger partial charge in [0.1, 0.15) is 23.4 Å². The second-order valence-electron chi connectivity index (χ2n) is 12.5. The van der Waals surface area contributed by atoms with Crippen molar-refractivity contribution in [2.45, 2.75) is 85.0 Å². The van der Waals surface area contributed by atoms with Gasteiger partial charge in [0, 0.05) is 17.7 Å². The Labute approximate surface area is 259 Å². The van der Waals surface area contributed by atoms with Crippen molar-refractivity contribution >= 4 is 23.8 Å². The van der Waals surface area contributed by atoms with Crippen LogP contribution in [0.25, 0.3) is 0 Å². The molecule has 4 amide bonds. The zero-order valence-corrected chi connectivity index (χ0v) is 26.6. The molecule has 3 N–H and O–H groups in total. The smallest absolute Gasteiger partial charge is 0.410 e. The fourth-order valence-electron chi connectivity index (χ4n) is 5.20. The number of hydrogen-bond donors (Lipinski definition) is 3. The number of carbonyl (C=O) groups excluding carboxylic acids is 4. The lowest BCUT2D eigenvalue weighted by molar-refractivity contribution is -0.170. The minimum absolute atomic E-state index is 0.00687. The van der Waals surface area contributed by atoms with Gasteiger partial charge in [0.2, 0.25) is 0 Å². The molecule has 2 aromatic carbocycles. The summed E-state index contributed by atoms with van der Waals surface area (Å²) in [6.07, 6.45) is 0.591. The van der Waals surface area contributed by atoms with Crippen LogP contribution in [0.3, 0.4) is 0 Å². The Morgan fingerprint density at radius 1 is 1.05 bits per heavy atom. The standard InChI is InChI=1S/C33H46N4O7/c1-22(2)20-26(34-29(40)25-14-10-16-28(39)23(25)3)30(41)37(21-24-12-8-7-9-13-24)36(18-19-38)31(42)27-15-11-17-35(27)32(43)44-33(4,5)6/h7-10,12-14,16,22,26-27,38-39H,11,15,17-21H2,1-6H3,(H,34,40)/t26-,27-/m0/s1. The number of likely N-dealkylation sites (tertiary alicyclic amines) is 1. The Morgan fingerprint density at radius 2 is 1.73 bits per heavy atom. The molecule has 0 radical (unpaired) electrons. The van der Waals surface area contributed by atoms with Crippen molar-refractivity contribution in [3.8, 4) is 5.75 Å². The zero-order chi connectivity index (χ0) is 32.6. The number of phenols is 1. The van der Waals surface area contributed by atoms with Crippen molar-refractivity contribution < 1.29 is 34.1 Å². The molecule has 1 aliphatic heterocycles. The number of nitrogens with zero attached hydrogens (tertiary/aromatic N) is 3. The molecule has 1 saturated heterocycles. The summed E-state index contributed by atoms with van der Waals surface area (Å²) >= 11 is 0. The Hall–Kier alpha value is -4.12. The maximum atomic E-state index is 14.4. The van der Waals surface area contributed by atoms with Crippen molar-refractivity contribution in [1.29, 1.82) is 0 Å². The van der Waals surface area contributed by atoms with Crippen LogP contribution in [0.2, 0.25) is 0 Å². The van der Waals surface area contributed by atoms with Gasteiger partial charge in [-0.2, -0.15) is 0 Å². The van der Waals surface area contributed by atoms with E-state index in [1.807, 2.05) is 44.2 Å². The number of phenolic OH excluding ortho intramolecular Hbond substituents is 1. The Balaban J connectivity index is 2.00. The number of rotatable bonds is 10. The van der Waals surface area contributed by atoms with Gasteiger partial charge in [-0.3, -0.25) is 19.3 Å². The van der Waals surface area contributed by atoms with E-state index in [4.69, 9.17) is 4.74 Å². The molecule has 1 fully saturated rings. The van der Waals surface area contributed by atoms with E-state index in [0.717, 1.165) is 5.56 Å². The highest BCUT2D eigenvalue weighted by atomic mass is 16.6. The summed E-state index contributed by atoms with van der Waals surface area (Å²) in [4.78, 5) is 56.4. The topological polar surface area (TPSA) is 140 Å². The van der Waals surface area contributed by atoms with E-state index in [1.54, 1.807) is 39.8 Å². The van der Waals surface area contributed by atoms with Crippen molar-refractivity contribution in [3.63, 3.8) is 0 Å².